The molecule has 1 N–H and O–H groups in total. The molecule has 2 rings (SSSR count). The van der Waals surface area contributed by atoms with Crippen molar-refractivity contribution in [3.63, 3.8) is 0 Å². The van der Waals surface area contributed by atoms with E-state index in [9.17, 15) is 0 Å². The quantitative estimate of drug-likeness (QED) is 0.491. The molecule has 0 aromatic heterocycles. The lowest BCUT2D eigenvalue weighted by atomic mass is 10.2. The lowest BCUT2D eigenvalue weighted by Crippen LogP contribution is -2.10. The van der Waals surface area contributed by atoms with E-state index in [4.69, 9.17) is 21.7 Å². The van der Waals surface area contributed by atoms with Gasteiger partial charge in [0, 0.05) is 11.3 Å². The molecule has 2 aromatic rings. The second-order valence-electron chi connectivity index (χ2n) is 4.91. The lowest BCUT2D eigenvalue weighted by molar-refractivity contribution is 0.415. The van der Waals surface area contributed by atoms with Gasteiger partial charge in [0.05, 0.1) is 13.4 Å². The second-order valence-corrected chi connectivity index (χ2v) is 5.32. The first-order valence-electron chi connectivity index (χ1n) is 6.94. The van der Waals surface area contributed by atoms with E-state index in [0.717, 1.165) is 22.8 Å². The first-order chi connectivity index (χ1) is 10.6. The van der Waals surface area contributed by atoms with Gasteiger partial charge in [0.25, 0.3) is 0 Å². The number of benzene rings is 2. The normalized spacial score (nSPS) is 11.0. The van der Waals surface area contributed by atoms with E-state index in [0.29, 0.717) is 4.99 Å². The Hall–Kier alpha value is -2.33. The summed E-state index contributed by atoms with van der Waals surface area (Å²) in [7, 11) is 1.64. The van der Waals surface area contributed by atoms with Gasteiger partial charge in [-0.3, -0.25) is 0 Å². The molecule has 0 atom stereocenters. The first-order valence-corrected chi connectivity index (χ1v) is 7.35. The molecule has 2 aromatic carbocycles. The molecule has 22 heavy (non-hydrogen) atoms. The minimum Gasteiger partial charge on any atom is -0.497 e. The van der Waals surface area contributed by atoms with E-state index in [1.54, 1.807) is 13.4 Å². The van der Waals surface area contributed by atoms with E-state index in [1.807, 2.05) is 62.4 Å². The number of rotatable bonds is 5. The Balaban J connectivity index is 1.95. The molecule has 0 aliphatic heterocycles. The fourth-order valence-electron chi connectivity index (χ4n) is 1.73. The third-order valence-corrected chi connectivity index (χ3v) is 3.52. The SMILES string of the molecule is COc1ccc(NC(=S)/C(C)=C/Oc2ccc(C)cc2)cc1. The van der Waals surface area contributed by atoms with E-state index in [-0.39, 0.29) is 0 Å². The van der Waals surface area contributed by atoms with Crippen LogP contribution in [0.5, 0.6) is 11.5 Å². The summed E-state index contributed by atoms with van der Waals surface area (Å²) in [5.74, 6) is 1.60. The molecule has 3 nitrogen and oxygen atoms in total. The van der Waals surface area contributed by atoms with Gasteiger partial charge in [-0.15, -0.1) is 0 Å². The van der Waals surface area contributed by atoms with Gasteiger partial charge in [0.15, 0.2) is 0 Å². The largest absolute Gasteiger partial charge is 0.497 e. The first kappa shape index (κ1) is 16.0. The highest BCUT2D eigenvalue weighted by molar-refractivity contribution is 7.81. The highest BCUT2D eigenvalue weighted by Crippen LogP contribution is 2.17. The summed E-state index contributed by atoms with van der Waals surface area (Å²) >= 11 is 5.37. The minimum atomic E-state index is 0.622. The molecular weight excluding hydrogens is 294 g/mol. The van der Waals surface area contributed by atoms with E-state index in [1.165, 1.54) is 5.56 Å². The summed E-state index contributed by atoms with van der Waals surface area (Å²) in [5.41, 5.74) is 2.96. The van der Waals surface area contributed by atoms with E-state index < -0.39 is 0 Å². The molecule has 0 aliphatic rings. The standard InChI is InChI=1S/C18H19NO2S/c1-13-4-8-17(9-5-13)21-12-14(2)18(22)19-15-6-10-16(20-3)11-7-15/h4-12H,1-3H3,(H,19,22)/b14-12+. The average Bonchev–Trinajstić information content (AvgIpc) is 2.54. The van der Waals surface area contributed by atoms with Gasteiger partial charge in [-0.05, 0) is 50.2 Å². The van der Waals surface area contributed by atoms with Crippen molar-refractivity contribution >= 4 is 22.9 Å². The van der Waals surface area contributed by atoms with E-state index >= 15 is 0 Å². The maximum absolute atomic E-state index is 5.61. The highest BCUT2D eigenvalue weighted by atomic mass is 32.1. The fourth-order valence-corrected chi connectivity index (χ4v) is 1.90. The van der Waals surface area contributed by atoms with Crippen LogP contribution in [0, 0.1) is 6.92 Å². The zero-order valence-corrected chi connectivity index (χ0v) is 13.7. The Labute approximate surface area is 136 Å². The molecule has 0 spiro atoms. The number of thiocarbonyl (C=S) groups is 1. The highest BCUT2D eigenvalue weighted by Gasteiger charge is 2.02. The van der Waals surface area contributed by atoms with Crippen LogP contribution in [0.2, 0.25) is 0 Å². The monoisotopic (exact) mass is 313 g/mol. The number of methoxy groups -OCH3 is 1. The van der Waals surface area contributed by atoms with Crippen LogP contribution in [-0.4, -0.2) is 12.1 Å². The molecule has 0 saturated carbocycles. The van der Waals surface area contributed by atoms with Crippen LogP contribution >= 0.6 is 12.2 Å². The smallest absolute Gasteiger partial charge is 0.126 e. The number of hydrogen-bond acceptors (Lipinski definition) is 3. The zero-order valence-electron chi connectivity index (χ0n) is 12.9. The van der Waals surface area contributed by atoms with Crippen molar-refractivity contribution in [3.05, 3.63) is 65.9 Å². The lowest BCUT2D eigenvalue weighted by Gasteiger charge is -2.09. The summed E-state index contributed by atoms with van der Waals surface area (Å²) in [5, 5.41) is 3.17. The number of hydrogen-bond donors (Lipinski definition) is 1. The van der Waals surface area contributed by atoms with Crippen LogP contribution in [0.4, 0.5) is 5.69 Å². The van der Waals surface area contributed by atoms with Gasteiger partial charge in [0.1, 0.15) is 16.5 Å². The summed E-state index contributed by atoms with van der Waals surface area (Å²) in [6.45, 7) is 3.95. The molecule has 0 bridgehead atoms. The van der Waals surface area contributed by atoms with E-state index in [2.05, 4.69) is 5.32 Å². The molecule has 0 amide bonds. The Morgan fingerprint density at radius 3 is 2.18 bits per heavy atom. The Morgan fingerprint density at radius 1 is 1.00 bits per heavy atom. The van der Waals surface area contributed by atoms with Crippen LogP contribution in [0.3, 0.4) is 0 Å². The molecule has 0 fully saturated rings. The van der Waals surface area contributed by atoms with Crippen molar-refractivity contribution in [3.8, 4) is 11.5 Å². The van der Waals surface area contributed by atoms with Gasteiger partial charge in [-0.25, -0.2) is 0 Å². The summed E-state index contributed by atoms with van der Waals surface area (Å²) < 4.78 is 10.7. The summed E-state index contributed by atoms with van der Waals surface area (Å²) in [6.07, 6.45) is 1.66. The maximum Gasteiger partial charge on any atom is 0.126 e. The van der Waals surface area contributed by atoms with Crippen molar-refractivity contribution in [2.24, 2.45) is 0 Å². The average molecular weight is 313 g/mol. The molecule has 114 valence electrons. The van der Waals surface area contributed by atoms with Gasteiger partial charge < -0.3 is 14.8 Å². The van der Waals surface area contributed by atoms with Crippen LogP contribution in [0.25, 0.3) is 0 Å². The summed E-state index contributed by atoms with van der Waals surface area (Å²) in [6, 6.07) is 15.5. The number of anilines is 1. The topological polar surface area (TPSA) is 30.5 Å². The molecule has 0 radical (unpaired) electrons. The summed E-state index contributed by atoms with van der Waals surface area (Å²) in [4.78, 5) is 0.622. The Bertz CT molecular complexity index is 660. The van der Waals surface area contributed by atoms with Gasteiger partial charge >= 0.3 is 0 Å². The van der Waals surface area contributed by atoms with Crippen molar-refractivity contribution < 1.29 is 9.47 Å². The zero-order chi connectivity index (χ0) is 15.9. The van der Waals surface area contributed by atoms with Crippen molar-refractivity contribution in [1.82, 2.24) is 0 Å². The Morgan fingerprint density at radius 2 is 1.59 bits per heavy atom. The van der Waals surface area contributed by atoms with Gasteiger partial charge in [0.2, 0.25) is 0 Å². The molecule has 0 aliphatic carbocycles. The third-order valence-electron chi connectivity index (χ3n) is 3.10. The van der Waals surface area contributed by atoms with Gasteiger partial charge in [-0.1, -0.05) is 29.9 Å². The van der Waals surface area contributed by atoms with Crippen molar-refractivity contribution in [2.45, 2.75) is 13.8 Å². The van der Waals surface area contributed by atoms with Crippen LogP contribution in [-0.2, 0) is 0 Å². The number of nitrogens with one attached hydrogen (secondary N) is 1. The van der Waals surface area contributed by atoms with Crippen LogP contribution < -0.4 is 14.8 Å². The number of ether oxygens (including phenoxy) is 2. The molecule has 0 heterocycles. The predicted molar refractivity (Wildman–Crippen MR) is 94.8 cm³/mol. The Kier molecular flexibility index (Phi) is 5.55. The fraction of sp³-hybridized carbons (Fsp3) is 0.167. The number of aryl methyl sites for hydroxylation is 1. The van der Waals surface area contributed by atoms with Crippen molar-refractivity contribution in [2.75, 3.05) is 12.4 Å². The van der Waals surface area contributed by atoms with Crippen LogP contribution in [0.15, 0.2) is 60.4 Å². The minimum absolute atomic E-state index is 0.622. The van der Waals surface area contributed by atoms with Crippen LogP contribution in [0.1, 0.15) is 12.5 Å². The second kappa shape index (κ2) is 7.61. The third kappa shape index (κ3) is 4.60. The molecule has 4 heteroatoms. The van der Waals surface area contributed by atoms with Gasteiger partial charge in [-0.2, -0.15) is 0 Å². The van der Waals surface area contributed by atoms with Crippen molar-refractivity contribution in [1.29, 1.82) is 0 Å². The molecule has 0 saturated heterocycles. The molecular formula is C18H19NO2S. The molecule has 0 unspecified atom stereocenters. The predicted octanol–water partition coefficient (Wildman–Crippen LogP) is 4.73. The maximum atomic E-state index is 5.61.